The lowest BCUT2D eigenvalue weighted by Gasteiger charge is -2.62. The number of rotatable bonds is 8. The van der Waals surface area contributed by atoms with E-state index in [9.17, 15) is 0 Å². The number of fused-ring (bicyclic) bond motifs is 2. The molecule has 0 aromatic heterocycles. The van der Waals surface area contributed by atoms with E-state index in [0.717, 1.165) is 55.6 Å². The van der Waals surface area contributed by atoms with E-state index in [1.54, 1.807) is 7.11 Å². The SMILES string of the molecule is COc1ccccc1CCNCCN[C@@H]1C[C@@H]2C[C@H]([C@H]1C)C2(C)C. The zero-order chi connectivity index (χ0) is 17.2. The molecule has 0 saturated heterocycles. The van der Waals surface area contributed by atoms with Crippen molar-refractivity contribution in [1.29, 1.82) is 0 Å². The molecular formula is C21H34N2O. The van der Waals surface area contributed by atoms with Crippen molar-refractivity contribution in [1.82, 2.24) is 10.6 Å². The van der Waals surface area contributed by atoms with E-state index >= 15 is 0 Å². The normalized spacial score (nSPS) is 30.7. The van der Waals surface area contributed by atoms with Crippen LogP contribution < -0.4 is 15.4 Å². The van der Waals surface area contributed by atoms with Crippen LogP contribution in [-0.2, 0) is 6.42 Å². The third kappa shape index (κ3) is 3.48. The van der Waals surface area contributed by atoms with Gasteiger partial charge in [0.2, 0.25) is 0 Å². The molecule has 2 bridgehead atoms. The summed E-state index contributed by atoms with van der Waals surface area (Å²) in [7, 11) is 1.74. The van der Waals surface area contributed by atoms with Crippen molar-refractivity contribution >= 4 is 0 Å². The van der Waals surface area contributed by atoms with Crippen molar-refractivity contribution < 1.29 is 4.74 Å². The van der Waals surface area contributed by atoms with Crippen molar-refractivity contribution in [2.24, 2.45) is 23.2 Å². The molecule has 3 aliphatic rings. The highest BCUT2D eigenvalue weighted by molar-refractivity contribution is 5.33. The second kappa shape index (κ2) is 7.45. The monoisotopic (exact) mass is 330 g/mol. The van der Waals surface area contributed by atoms with Gasteiger partial charge in [-0.3, -0.25) is 0 Å². The second-order valence-electron chi connectivity index (χ2n) is 8.33. The van der Waals surface area contributed by atoms with Crippen LogP contribution in [0.1, 0.15) is 39.2 Å². The molecule has 0 radical (unpaired) electrons. The van der Waals surface area contributed by atoms with Gasteiger partial charge in [0.1, 0.15) is 5.75 Å². The number of hydrogen-bond acceptors (Lipinski definition) is 3. The van der Waals surface area contributed by atoms with E-state index in [4.69, 9.17) is 4.74 Å². The van der Waals surface area contributed by atoms with E-state index < -0.39 is 0 Å². The summed E-state index contributed by atoms with van der Waals surface area (Å²) in [5, 5.41) is 7.36. The molecule has 134 valence electrons. The van der Waals surface area contributed by atoms with Crippen LogP contribution in [0.2, 0.25) is 0 Å². The summed E-state index contributed by atoms with van der Waals surface area (Å²) in [4.78, 5) is 0. The smallest absolute Gasteiger partial charge is 0.122 e. The van der Waals surface area contributed by atoms with Crippen molar-refractivity contribution in [3.8, 4) is 5.75 Å². The average molecular weight is 331 g/mol. The van der Waals surface area contributed by atoms with Crippen molar-refractivity contribution in [2.75, 3.05) is 26.7 Å². The largest absolute Gasteiger partial charge is 0.496 e. The molecule has 0 heterocycles. The van der Waals surface area contributed by atoms with Crippen molar-refractivity contribution in [3.63, 3.8) is 0 Å². The fourth-order valence-electron chi connectivity index (χ4n) is 5.02. The summed E-state index contributed by atoms with van der Waals surface area (Å²) in [6.07, 6.45) is 3.84. The third-order valence-electron chi connectivity index (χ3n) is 6.83. The molecule has 0 unspecified atom stereocenters. The Bertz CT molecular complexity index is 542. The Morgan fingerprint density at radius 3 is 2.62 bits per heavy atom. The Balaban J connectivity index is 1.32. The van der Waals surface area contributed by atoms with E-state index in [0.29, 0.717) is 5.41 Å². The predicted molar refractivity (Wildman–Crippen MR) is 101 cm³/mol. The highest BCUT2D eigenvalue weighted by Gasteiger charge is 2.55. The van der Waals surface area contributed by atoms with Gasteiger partial charge in [-0.25, -0.2) is 0 Å². The van der Waals surface area contributed by atoms with Gasteiger partial charge in [-0.15, -0.1) is 0 Å². The minimum absolute atomic E-state index is 0.588. The Kier molecular flexibility index (Phi) is 5.51. The molecule has 2 N–H and O–H groups in total. The second-order valence-corrected chi connectivity index (χ2v) is 8.33. The minimum Gasteiger partial charge on any atom is -0.496 e. The summed E-state index contributed by atoms with van der Waals surface area (Å²) in [5.41, 5.74) is 1.87. The molecule has 3 saturated carbocycles. The quantitative estimate of drug-likeness (QED) is 0.716. The lowest BCUT2D eigenvalue weighted by atomic mass is 9.45. The van der Waals surface area contributed by atoms with Gasteiger partial charge in [-0.05, 0) is 60.6 Å². The third-order valence-corrected chi connectivity index (χ3v) is 6.83. The predicted octanol–water partition coefficient (Wildman–Crippen LogP) is 3.49. The Morgan fingerprint density at radius 1 is 1.12 bits per heavy atom. The van der Waals surface area contributed by atoms with Gasteiger partial charge in [0, 0.05) is 19.1 Å². The Hall–Kier alpha value is -1.06. The number of ether oxygens (including phenoxy) is 1. The Morgan fingerprint density at radius 2 is 1.92 bits per heavy atom. The fourth-order valence-corrected chi connectivity index (χ4v) is 5.02. The Labute approximate surface area is 147 Å². The summed E-state index contributed by atoms with van der Waals surface area (Å²) in [6, 6.07) is 9.01. The van der Waals surface area contributed by atoms with Gasteiger partial charge in [0.15, 0.2) is 0 Å². The highest BCUT2D eigenvalue weighted by Crippen LogP contribution is 2.61. The number of benzene rings is 1. The molecule has 4 atom stereocenters. The number of nitrogens with one attached hydrogen (secondary N) is 2. The van der Waals surface area contributed by atoms with E-state index in [2.05, 4.69) is 43.5 Å². The summed E-state index contributed by atoms with van der Waals surface area (Å²) < 4.78 is 5.41. The lowest BCUT2D eigenvalue weighted by molar-refractivity contribution is -0.114. The molecule has 3 heteroatoms. The minimum atomic E-state index is 0.588. The van der Waals surface area contributed by atoms with Crippen molar-refractivity contribution in [2.45, 2.75) is 46.1 Å². The van der Waals surface area contributed by atoms with Crippen LogP contribution in [-0.4, -0.2) is 32.8 Å². The van der Waals surface area contributed by atoms with Crippen LogP contribution >= 0.6 is 0 Å². The molecule has 0 spiro atoms. The maximum Gasteiger partial charge on any atom is 0.122 e. The van der Waals surface area contributed by atoms with Gasteiger partial charge in [-0.1, -0.05) is 39.0 Å². The molecule has 3 fully saturated rings. The maximum absolute atomic E-state index is 5.41. The fraction of sp³-hybridized carbons (Fsp3) is 0.714. The summed E-state index contributed by atoms with van der Waals surface area (Å²) in [5.74, 6) is 3.68. The molecule has 0 aliphatic heterocycles. The van der Waals surface area contributed by atoms with E-state index in [-0.39, 0.29) is 0 Å². The molecule has 24 heavy (non-hydrogen) atoms. The molecule has 3 aliphatic carbocycles. The van der Waals surface area contributed by atoms with Crippen LogP contribution in [0.4, 0.5) is 0 Å². The van der Waals surface area contributed by atoms with Gasteiger partial charge >= 0.3 is 0 Å². The van der Waals surface area contributed by atoms with Crippen LogP contribution in [0.3, 0.4) is 0 Å². The van der Waals surface area contributed by atoms with Gasteiger partial charge in [0.05, 0.1) is 7.11 Å². The zero-order valence-corrected chi connectivity index (χ0v) is 15.8. The first kappa shape index (κ1) is 17.8. The first-order chi connectivity index (χ1) is 11.5. The van der Waals surface area contributed by atoms with Crippen LogP contribution in [0.5, 0.6) is 5.75 Å². The number of methoxy groups -OCH3 is 1. The molecular weight excluding hydrogens is 296 g/mol. The molecule has 0 amide bonds. The zero-order valence-electron chi connectivity index (χ0n) is 15.8. The molecule has 4 rings (SSSR count). The first-order valence-electron chi connectivity index (χ1n) is 9.60. The number of para-hydroxylation sites is 1. The van der Waals surface area contributed by atoms with Crippen LogP contribution in [0.25, 0.3) is 0 Å². The highest BCUT2D eigenvalue weighted by atomic mass is 16.5. The average Bonchev–Trinajstić information content (AvgIpc) is 2.58. The summed E-state index contributed by atoms with van der Waals surface area (Å²) >= 11 is 0. The maximum atomic E-state index is 5.41. The van der Waals surface area contributed by atoms with Crippen LogP contribution in [0, 0.1) is 23.2 Å². The number of hydrogen-bond donors (Lipinski definition) is 2. The molecule has 1 aromatic carbocycles. The van der Waals surface area contributed by atoms with Gasteiger partial charge in [0.25, 0.3) is 0 Å². The lowest BCUT2D eigenvalue weighted by Crippen LogP contribution is -2.60. The van der Waals surface area contributed by atoms with Crippen molar-refractivity contribution in [3.05, 3.63) is 29.8 Å². The molecule has 3 nitrogen and oxygen atoms in total. The standard InChI is InChI=1S/C21H34N2O/c1-15-18-13-17(21(18,2)3)14-19(15)23-12-11-22-10-9-16-7-5-6-8-20(16)24-4/h5-8,15,17-19,22-23H,9-14H2,1-4H3/t15-,17+,18-,19-/m1/s1. The van der Waals surface area contributed by atoms with Crippen LogP contribution in [0.15, 0.2) is 24.3 Å². The van der Waals surface area contributed by atoms with E-state index in [1.807, 2.05) is 12.1 Å². The topological polar surface area (TPSA) is 33.3 Å². The summed E-state index contributed by atoms with van der Waals surface area (Å²) in [6.45, 7) is 10.5. The van der Waals surface area contributed by atoms with E-state index in [1.165, 1.54) is 18.4 Å². The first-order valence-corrected chi connectivity index (χ1v) is 9.60. The molecule has 1 aromatic rings. The van der Waals surface area contributed by atoms with Gasteiger partial charge in [-0.2, -0.15) is 0 Å². The van der Waals surface area contributed by atoms with Gasteiger partial charge < -0.3 is 15.4 Å².